The largest absolute Gasteiger partial charge is 0.355 e. The second-order valence-electron chi connectivity index (χ2n) is 10.2. The van der Waals surface area contributed by atoms with Crippen LogP contribution in [0.4, 0.5) is 22.7 Å². The van der Waals surface area contributed by atoms with Crippen LogP contribution in [0.3, 0.4) is 0 Å². The van der Waals surface area contributed by atoms with Gasteiger partial charge in [-0.1, -0.05) is 121 Å². The van der Waals surface area contributed by atoms with Gasteiger partial charge in [0.15, 0.2) is 0 Å². The van der Waals surface area contributed by atoms with Crippen molar-refractivity contribution in [1.82, 2.24) is 0 Å². The highest BCUT2D eigenvalue weighted by molar-refractivity contribution is 5.93. The average molecular weight is 532 g/mol. The Balaban J connectivity index is 1.36. The first-order valence-electron chi connectivity index (χ1n) is 14.0. The van der Waals surface area contributed by atoms with Crippen molar-refractivity contribution < 1.29 is 0 Å². The summed E-state index contributed by atoms with van der Waals surface area (Å²) in [4.78, 5) is 0. The van der Waals surface area contributed by atoms with Crippen molar-refractivity contribution in [3.05, 3.63) is 169 Å². The average Bonchev–Trinajstić information content (AvgIpc) is 3.04. The Hall–Kier alpha value is -5.12. The molecule has 1 atom stereocenters. The van der Waals surface area contributed by atoms with E-state index in [2.05, 4.69) is 132 Å². The quantitative estimate of drug-likeness (QED) is 0.174. The van der Waals surface area contributed by atoms with Crippen molar-refractivity contribution in [1.29, 1.82) is 0 Å². The zero-order chi connectivity index (χ0) is 27.9. The van der Waals surface area contributed by atoms with Crippen molar-refractivity contribution in [2.75, 3.05) is 10.6 Å². The van der Waals surface area contributed by atoms with E-state index >= 15 is 0 Å². The lowest BCUT2D eigenvalue weighted by atomic mass is 9.95. The highest BCUT2D eigenvalue weighted by atomic mass is 14.9. The lowest BCUT2D eigenvalue weighted by Crippen LogP contribution is -2.13. The monoisotopic (exact) mass is 531 g/mol. The number of nitrogens with one attached hydrogen (secondary N) is 2. The van der Waals surface area contributed by atoms with Crippen LogP contribution in [0.15, 0.2) is 158 Å². The molecule has 1 unspecified atom stereocenters. The Labute approximate surface area is 242 Å². The van der Waals surface area contributed by atoms with E-state index in [1.807, 2.05) is 36.4 Å². The molecule has 41 heavy (non-hydrogen) atoms. The number of hydrogen-bond donors (Lipinski definition) is 3. The third kappa shape index (κ3) is 6.38. The van der Waals surface area contributed by atoms with Gasteiger partial charge in [-0.05, 0) is 65.1 Å². The zero-order valence-corrected chi connectivity index (χ0v) is 22.9. The molecule has 3 heteroatoms. The first kappa shape index (κ1) is 26.1. The van der Waals surface area contributed by atoms with E-state index in [9.17, 15) is 0 Å². The van der Waals surface area contributed by atoms with Crippen molar-refractivity contribution >= 4 is 22.7 Å². The third-order valence-electron chi connectivity index (χ3n) is 7.30. The SMILES string of the molecule is NC(Cc1ccc(Nc2cc(Nc3ccccc3)c(-c3ccccc3)cc2-c2ccccc2)cc1)c1ccccc1. The second kappa shape index (κ2) is 12.4. The van der Waals surface area contributed by atoms with E-state index in [4.69, 9.17) is 5.73 Å². The van der Waals surface area contributed by atoms with Gasteiger partial charge in [-0.3, -0.25) is 0 Å². The van der Waals surface area contributed by atoms with E-state index in [0.29, 0.717) is 0 Å². The number of rotatable bonds is 9. The number of nitrogens with two attached hydrogens (primary N) is 1. The molecule has 0 fully saturated rings. The van der Waals surface area contributed by atoms with Crippen molar-refractivity contribution in [2.24, 2.45) is 5.73 Å². The zero-order valence-electron chi connectivity index (χ0n) is 22.9. The molecule has 0 saturated heterocycles. The molecule has 0 spiro atoms. The Morgan fingerprint density at radius 2 is 0.902 bits per heavy atom. The minimum Gasteiger partial charge on any atom is -0.355 e. The van der Waals surface area contributed by atoms with Gasteiger partial charge in [-0.15, -0.1) is 0 Å². The maximum Gasteiger partial charge on any atom is 0.0485 e. The second-order valence-corrected chi connectivity index (χ2v) is 10.2. The van der Waals surface area contributed by atoms with Gasteiger partial charge in [0.25, 0.3) is 0 Å². The highest BCUT2D eigenvalue weighted by Crippen LogP contribution is 2.40. The fraction of sp³-hybridized carbons (Fsp3) is 0.0526. The summed E-state index contributed by atoms with van der Waals surface area (Å²) >= 11 is 0. The van der Waals surface area contributed by atoms with Crippen LogP contribution >= 0.6 is 0 Å². The Morgan fingerprint density at radius 1 is 0.463 bits per heavy atom. The third-order valence-corrected chi connectivity index (χ3v) is 7.30. The summed E-state index contributed by atoms with van der Waals surface area (Å²) in [7, 11) is 0. The standard InChI is InChI=1S/C38H33N3/c39-36(31-17-9-3-10-18-31)25-28-21-23-33(24-22-28)41-38-27-37(40-32-19-11-4-12-20-32)34(29-13-5-1-6-14-29)26-35(38)30-15-7-2-8-16-30/h1-24,26-27,36,40-41H,25,39H2. The molecule has 6 rings (SSSR count). The molecule has 0 heterocycles. The van der Waals surface area contributed by atoms with Crippen molar-refractivity contribution in [3.8, 4) is 22.3 Å². The molecule has 3 nitrogen and oxygen atoms in total. The van der Waals surface area contributed by atoms with Gasteiger partial charge >= 0.3 is 0 Å². The fourth-order valence-corrected chi connectivity index (χ4v) is 5.15. The van der Waals surface area contributed by atoms with E-state index in [1.54, 1.807) is 0 Å². The van der Waals surface area contributed by atoms with Gasteiger partial charge in [-0.2, -0.15) is 0 Å². The minimum absolute atomic E-state index is 0.0307. The molecule has 0 bridgehead atoms. The van der Waals surface area contributed by atoms with E-state index in [1.165, 1.54) is 5.56 Å². The molecule has 200 valence electrons. The van der Waals surface area contributed by atoms with Crippen LogP contribution < -0.4 is 16.4 Å². The first-order valence-corrected chi connectivity index (χ1v) is 14.0. The van der Waals surface area contributed by atoms with Crippen LogP contribution in [0.25, 0.3) is 22.3 Å². The molecule has 6 aromatic rings. The number of anilines is 4. The van der Waals surface area contributed by atoms with E-state index in [-0.39, 0.29) is 6.04 Å². The summed E-state index contributed by atoms with van der Waals surface area (Å²) in [5.41, 5.74) is 17.6. The first-order chi connectivity index (χ1) is 20.2. The molecular formula is C38H33N3. The lowest BCUT2D eigenvalue weighted by molar-refractivity contribution is 0.722. The van der Waals surface area contributed by atoms with Crippen molar-refractivity contribution in [2.45, 2.75) is 12.5 Å². The molecule has 4 N–H and O–H groups in total. The minimum atomic E-state index is -0.0307. The van der Waals surface area contributed by atoms with Gasteiger partial charge in [0.2, 0.25) is 0 Å². The molecular weight excluding hydrogens is 498 g/mol. The molecule has 0 amide bonds. The van der Waals surface area contributed by atoms with Gasteiger partial charge in [0, 0.05) is 39.9 Å². The van der Waals surface area contributed by atoms with Crippen LogP contribution in [0.2, 0.25) is 0 Å². The fourth-order valence-electron chi connectivity index (χ4n) is 5.15. The molecule has 0 aromatic heterocycles. The normalized spacial score (nSPS) is 11.5. The Bertz CT molecular complexity index is 1680. The number of hydrogen-bond acceptors (Lipinski definition) is 3. The lowest BCUT2D eigenvalue weighted by Gasteiger charge is -2.20. The van der Waals surface area contributed by atoms with Gasteiger partial charge in [-0.25, -0.2) is 0 Å². The molecule has 0 radical (unpaired) electrons. The van der Waals surface area contributed by atoms with Crippen LogP contribution in [0.1, 0.15) is 17.2 Å². The molecule has 0 aliphatic carbocycles. The summed E-state index contributed by atoms with van der Waals surface area (Å²) in [6, 6.07) is 54.7. The molecule has 0 aliphatic rings. The highest BCUT2D eigenvalue weighted by Gasteiger charge is 2.14. The van der Waals surface area contributed by atoms with Crippen molar-refractivity contribution in [3.63, 3.8) is 0 Å². The smallest absolute Gasteiger partial charge is 0.0485 e. The summed E-state index contributed by atoms with van der Waals surface area (Å²) in [5, 5.41) is 7.39. The van der Waals surface area contributed by atoms with E-state index in [0.717, 1.165) is 57.0 Å². The Morgan fingerprint density at radius 3 is 1.41 bits per heavy atom. The predicted octanol–water partition coefficient (Wildman–Crippen LogP) is 9.75. The van der Waals surface area contributed by atoms with Gasteiger partial charge in [0.05, 0.1) is 0 Å². The molecule has 6 aromatic carbocycles. The van der Waals surface area contributed by atoms with Gasteiger partial charge < -0.3 is 16.4 Å². The summed E-state index contributed by atoms with van der Waals surface area (Å²) in [6.45, 7) is 0. The summed E-state index contributed by atoms with van der Waals surface area (Å²) < 4.78 is 0. The maximum absolute atomic E-state index is 6.49. The molecule has 0 saturated carbocycles. The van der Waals surface area contributed by atoms with Crippen LogP contribution in [0, 0.1) is 0 Å². The number of benzene rings is 6. The van der Waals surface area contributed by atoms with Crippen LogP contribution in [-0.4, -0.2) is 0 Å². The van der Waals surface area contributed by atoms with Crippen LogP contribution in [0.5, 0.6) is 0 Å². The topological polar surface area (TPSA) is 50.1 Å². The van der Waals surface area contributed by atoms with Crippen LogP contribution in [-0.2, 0) is 6.42 Å². The predicted molar refractivity (Wildman–Crippen MR) is 174 cm³/mol. The Kier molecular flexibility index (Phi) is 7.88. The van der Waals surface area contributed by atoms with Gasteiger partial charge in [0.1, 0.15) is 0 Å². The summed E-state index contributed by atoms with van der Waals surface area (Å²) in [6.07, 6.45) is 0.788. The maximum atomic E-state index is 6.49. The van der Waals surface area contributed by atoms with E-state index < -0.39 is 0 Å². The number of para-hydroxylation sites is 1. The summed E-state index contributed by atoms with van der Waals surface area (Å²) in [5.74, 6) is 0. The molecule has 0 aliphatic heterocycles.